The molecular formula is C11H14N6. The molecule has 2 aromatic rings. The third-order valence-electron chi connectivity index (χ3n) is 2.12. The summed E-state index contributed by atoms with van der Waals surface area (Å²) in [5, 5.41) is 0. The van der Waals surface area contributed by atoms with Gasteiger partial charge in [-0.25, -0.2) is 9.97 Å². The molecule has 2 heterocycles. The Morgan fingerprint density at radius 3 is 2.41 bits per heavy atom. The second-order valence-corrected chi connectivity index (χ2v) is 4.68. The van der Waals surface area contributed by atoms with Crippen LogP contribution in [0, 0.1) is 0 Å². The Bertz CT molecular complexity index is 517. The highest BCUT2D eigenvalue weighted by Crippen LogP contribution is 2.20. The third-order valence-corrected chi connectivity index (χ3v) is 2.12. The molecule has 0 atom stereocenters. The van der Waals surface area contributed by atoms with E-state index in [2.05, 4.69) is 24.9 Å². The average Bonchev–Trinajstić information content (AvgIpc) is 2.28. The second-order valence-electron chi connectivity index (χ2n) is 4.68. The zero-order valence-corrected chi connectivity index (χ0v) is 10.0. The summed E-state index contributed by atoms with van der Waals surface area (Å²) >= 11 is 0. The first-order chi connectivity index (χ1) is 7.97. The fourth-order valence-electron chi connectivity index (χ4n) is 1.26. The molecule has 2 rings (SSSR count). The normalized spacial score (nSPS) is 11.5. The van der Waals surface area contributed by atoms with Gasteiger partial charge >= 0.3 is 0 Å². The SMILES string of the molecule is CC(C)(C)c1nc(N)nc(-c2cnccn2)n1. The van der Waals surface area contributed by atoms with Crippen LogP contribution in [0.15, 0.2) is 18.6 Å². The molecule has 0 spiro atoms. The number of hydrogen-bond acceptors (Lipinski definition) is 6. The molecule has 6 nitrogen and oxygen atoms in total. The van der Waals surface area contributed by atoms with Crippen molar-refractivity contribution >= 4 is 5.95 Å². The van der Waals surface area contributed by atoms with Crippen LogP contribution in [0.1, 0.15) is 26.6 Å². The quantitative estimate of drug-likeness (QED) is 0.791. The predicted molar refractivity (Wildman–Crippen MR) is 64.0 cm³/mol. The van der Waals surface area contributed by atoms with Crippen molar-refractivity contribution in [1.82, 2.24) is 24.9 Å². The van der Waals surface area contributed by atoms with E-state index in [1.165, 1.54) is 0 Å². The van der Waals surface area contributed by atoms with Crippen LogP contribution in [0.4, 0.5) is 5.95 Å². The fraction of sp³-hybridized carbons (Fsp3) is 0.364. The van der Waals surface area contributed by atoms with Crippen LogP contribution in [-0.2, 0) is 5.41 Å². The first-order valence-corrected chi connectivity index (χ1v) is 5.25. The molecule has 0 saturated carbocycles. The predicted octanol–water partition coefficient (Wildman–Crippen LogP) is 1.21. The Hall–Kier alpha value is -2.11. The van der Waals surface area contributed by atoms with Crippen molar-refractivity contribution in [3.8, 4) is 11.5 Å². The van der Waals surface area contributed by atoms with E-state index in [9.17, 15) is 0 Å². The van der Waals surface area contributed by atoms with Crippen LogP contribution in [0.2, 0.25) is 0 Å². The Morgan fingerprint density at radius 2 is 1.82 bits per heavy atom. The van der Waals surface area contributed by atoms with E-state index < -0.39 is 0 Å². The minimum absolute atomic E-state index is 0.186. The minimum atomic E-state index is -0.186. The molecule has 17 heavy (non-hydrogen) atoms. The van der Waals surface area contributed by atoms with Crippen molar-refractivity contribution in [2.75, 3.05) is 5.73 Å². The summed E-state index contributed by atoms with van der Waals surface area (Å²) in [6.07, 6.45) is 4.78. The molecule has 0 amide bonds. The standard InChI is InChI=1S/C11H14N6/c1-11(2,3)9-15-8(16-10(12)17-9)7-6-13-4-5-14-7/h4-6H,1-3H3,(H2,12,15,16,17). The van der Waals surface area contributed by atoms with Gasteiger partial charge in [0.15, 0.2) is 5.82 Å². The Morgan fingerprint density at radius 1 is 1.06 bits per heavy atom. The summed E-state index contributed by atoms with van der Waals surface area (Å²) in [6, 6.07) is 0. The van der Waals surface area contributed by atoms with Gasteiger partial charge in [0.05, 0.1) is 6.20 Å². The lowest BCUT2D eigenvalue weighted by Gasteiger charge is -2.16. The smallest absolute Gasteiger partial charge is 0.223 e. The maximum Gasteiger partial charge on any atom is 0.223 e. The largest absolute Gasteiger partial charge is 0.368 e. The van der Waals surface area contributed by atoms with E-state index in [0.717, 1.165) is 0 Å². The van der Waals surface area contributed by atoms with Gasteiger partial charge in [0.2, 0.25) is 5.95 Å². The summed E-state index contributed by atoms with van der Waals surface area (Å²) in [5.74, 6) is 1.30. The van der Waals surface area contributed by atoms with E-state index in [-0.39, 0.29) is 11.4 Å². The molecule has 2 aromatic heterocycles. The van der Waals surface area contributed by atoms with Crippen LogP contribution < -0.4 is 5.73 Å². The molecule has 0 unspecified atom stereocenters. The van der Waals surface area contributed by atoms with E-state index in [1.54, 1.807) is 18.6 Å². The number of nitrogens with two attached hydrogens (primary N) is 1. The van der Waals surface area contributed by atoms with Gasteiger partial charge in [-0.05, 0) is 0 Å². The first kappa shape index (κ1) is 11.4. The number of rotatable bonds is 1. The maximum atomic E-state index is 5.68. The van der Waals surface area contributed by atoms with Crippen molar-refractivity contribution in [3.63, 3.8) is 0 Å². The fourth-order valence-corrected chi connectivity index (χ4v) is 1.26. The lowest BCUT2D eigenvalue weighted by molar-refractivity contribution is 0.544. The van der Waals surface area contributed by atoms with Crippen LogP contribution in [0.5, 0.6) is 0 Å². The number of anilines is 1. The van der Waals surface area contributed by atoms with Gasteiger partial charge in [-0.15, -0.1) is 0 Å². The molecular weight excluding hydrogens is 216 g/mol. The van der Waals surface area contributed by atoms with Gasteiger partial charge in [-0.3, -0.25) is 4.98 Å². The number of nitrogen functional groups attached to an aromatic ring is 1. The topological polar surface area (TPSA) is 90.5 Å². The van der Waals surface area contributed by atoms with Crippen LogP contribution in [0.25, 0.3) is 11.5 Å². The van der Waals surface area contributed by atoms with Gasteiger partial charge in [-0.2, -0.15) is 9.97 Å². The molecule has 0 bridgehead atoms. The zero-order valence-electron chi connectivity index (χ0n) is 10.0. The highest BCUT2D eigenvalue weighted by Gasteiger charge is 2.20. The van der Waals surface area contributed by atoms with Gasteiger partial charge in [0.25, 0.3) is 0 Å². The summed E-state index contributed by atoms with van der Waals surface area (Å²) in [7, 11) is 0. The Balaban J connectivity index is 2.54. The molecule has 0 radical (unpaired) electrons. The van der Waals surface area contributed by atoms with Gasteiger partial charge in [0.1, 0.15) is 11.5 Å². The molecule has 0 aliphatic carbocycles. The van der Waals surface area contributed by atoms with Crippen LogP contribution in [-0.4, -0.2) is 24.9 Å². The number of hydrogen-bond donors (Lipinski definition) is 1. The highest BCUT2D eigenvalue weighted by atomic mass is 15.1. The van der Waals surface area contributed by atoms with E-state index in [1.807, 2.05) is 20.8 Å². The number of aromatic nitrogens is 5. The van der Waals surface area contributed by atoms with Crippen LogP contribution >= 0.6 is 0 Å². The van der Waals surface area contributed by atoms with Gasteiger partial charge < -0.3 is 5.73 Å². The van der Waals surface area contributed by atoms with E-state index in [0.29, 0.717) is 17.3 Å². The zero-order chi connectivity index (χ0) is 12.5. The second kappa shape index (κ2) is 4.04. The molecule has 0 saturated heterocycles. The van der Waals surface area contributed by atoms with E-state index in [4.69, 9.17) is 5.73 Å². The molecule has 6 heteroatoms. The summed E-state index contributed by atoms with van der Waals surface area (Å²) < 4.78 is 0. The maximum absolute atomic E-state index is 5.68. The lowest BCUT2D eigenvalue weighted by Crippen LogP contribution is -2.18. The average molecular weight is 230 g/mol. The molecule has 2 N–H and O–H groups in total. The van der Waals surface area contributed by atoms with Crippen molar-refractivity contribution in [2.24, 2.45) is 0 Å². The highest BCUT2D eigenvalue weighted by molar-refractivity contribution is 5.48. The summed E-state index contributed by atoms with van der Waals surface area (Å²) in [6.45, 7) is 6.05. The monoisotopic (exact) mass is 230 g/mol. The molecule has 0 fully saturated rings. The molecule has 88 valence electrons. The van der Waals surface area contributed by atoms with Gasteiger partial charge in [-0.1, -0.05) is 20.8 Å². The molecule has 0 aliphatic heterocycles. The van der Waals surface area contributed by atoms with Crippen molar-refractivity contribution < 1.29 is 0 Å². The molecule has 0 aromatic carbocycles. The first-order valence-electron chi connectivity index (χ1n) is 5.25. The van der Waals surface area contributed by atoms with E-state index >= 15 is 0 Å². The van der Waals surface area contributed by atoms with Crippen molar-refractivity contribution in [2.45, 2.75) is 26.2 Å². The Labute approximate surface area is 99.4 Å². The lowest BCUT2D eigenvalue weighted by atomic mass is 9.96. The summed E-state index contributed by atoms with van der Waals surface area (Å²) in [4.78, 5) is 20.7. The Kier molecular flexibility index (Phi) is 2.71. The van der Waals surface area contributed by atoms with Crippen LogP contribution in [0.3, 0.4) is 0 Å². The third kappa shape index (κ3) is 2.52. The van der Waals surface area contributed by atoms with Crippen molar-refractivity contribution in [1.29, 1.82) is 0 Å². The van der Waals surface area contributed by atoms with Gasteiger partial charge in [0, 0.05) is 17.8 Å². The summed E-state index contributed by atoms with van der Waals surface area (Å²) in [5.41, 5.74) is 6.09. The minimum Gasteiger partial charge on any atom is -0.368 e. The number of nitrogens with zero attached hydrogens (tertiary/aromatic N) is 5. The molecule has 0 aliphatic rings. The van der Waals surface area contributed by atoms with Crippen molar-refractivity contribution in [3.05, 3.63) is 24.4 Å².